The molecule has 7 heteroatoms. The Morgan fingerprint density at radius 3 is 2.88 bits per heavy atom. The number of carbonyl (C=O) groups is 1. The Balaban J connectivity index is 2.50. The Bertz CT molecular complexity index is 371. The van der Waals surface area contributed by atoms with Crippen LogP contribution in [-0.2, 0) is 6.42 Å². The van der Waals surface area contributed by atoms with E-state index in [4.69, 9.17) is 5.73 Å². The van der Waals surface area contributed by atoms with Gasteiger partial charge < -0.3 is 16.4 Å². The summed E-state index contributed by atoms with van der Waals surface area (Å²) in [4.78, 5) is 17.9. The molecule has 88 valence electrons. The van der Waals surface area contributed by atoms with Gasteiger partial charge in [0.25, 0.3) is 0 Å². The van der Waals surface area contributed by atoms with E-state index in [0.717, 1.165) is 0 Å². The summed E-state index contributed by atoms with van der Waals surface area (Å²) < 4.78 is 13.6. The number of primary amides is 1. The zero-order chi connectivity index (χ0) is 12.0. The topological polar surface area (TPSA) is 92.9 Å². The molecule has 0 aromatic carbocycles. The number of aryl methyl sites for hydroxylation is 1. The van der Waals surface area contributed by atoms with Gasteiger partial charge in [-0.1, -0.05) is 6.92 Å². The van der Waals surface area contributed by atoms with Gasteiger partial charge in [-0.2, -0.15) is 0 Å². The third kappa shape index (κ3) is 3.34. The molecule has 0 unspecified atom stereocenters. The number of nitrogens with two attached hydrogens (primary N) is 1. The summed E-state index contributed by atoms with van der Waals surface area (Å²) in [6.07, 6.45) is 1.80. The maximum atomic E-state index is 13.6. The van der Waals surface area contributed by atoms with Gasteiger partial charge >= 0.3 is 6.03 Å². The lowest BCUT2D eigenvalue weighted by atomic mass is 10.3. The maximum Gasteiger partial charge on any atom is 0.312 e. The van der Waals surface area contributed by atoms with Crippen molar-refractivity contribution in [3.8, 4) is 0 Å². The molecular weight excluding hydrogens is 213 g/mol. The van der Waals surface area contributed by atoms with Crippen LogP contribution in [0, 0.1) is 5.82 Å². The molecule has 0 spiro atoms. The van der Waals surface area contributed by atoms with Gasteiger partial charge in [0.2, 0.25) is 0 Å². The molecule has 0 atom stereocenters. The lowest BCUT2D eigenvalue weighted by Crippen LogP contribution is -2.33. The number of urea groups is 1. The largest absolute Gasteiger partial charge is 0.366 e. The zero-order valence-electron chi connectivity index (χ0n) is 8.96. The molecule has 0 saturated carbocycles. The first-order chi connectivity index (χ1) is 7.65. The molecule has 1 aromatic rings. The fourth-order valence-electron chi connectivity index (χ4n) is 1.14. The molecule has 2 amide bonds. The van der Waals surface area contributed by atoms with Gasteiger partial charge in [-0.25, -0.2) is 19.2 Å². The van der Waals surface area contributed by atoms with Crippen LogP contribution in [0.15, 0.2) is 6.33 Å². The molecule has 0 saturated heterocycles. The lowest BCUT2D eigenvalue weighted by molar-refractivity contribution is 0.249. The average Bonchev–Trinajstić information content (AvgIpc) is 2.26. The summed E-state index contributed by atoms with van der Waals surface area (Å²) in [5.41, 5.74) is 5.23. The minimum absolute atomic E-state index is 0.137. The van der Waals surface area contributed by atoms with Crippen LogP contribution in [0.2, 0.25) is 0 Å². The molecule has 6 nitrogen and oxygen atoms in total. The van der Waals surface area contributed by atoms with Crippen LogP contribution < -0.4 is 16.4 Å². The van der Waals surface area contributed by atoms with Crippen molar-refractivity contribution in [2.45, 2.75) is 13.3 Å². The number of rotatable bonds is 5. The Hall–Kier alpha value is -1.92. The van der Waals surface area contributed by atoms with Crippen LogP contribution >= 0.6 is 0 Å². The number of hydrogen-bond acceptors (Lipinski definition) is 4. The summed E-state index contributed by atoms with van der Waals surface area (Å²) in [6, 6.07) is -0.612. The van der Waals surface area contributed by atoms with Crippen LogP contribution in [0.4, 0.5) is 15.0 Å². The summed E-state index contributed by atoms with van der Waals surface area (Å²) in [5, 5.41) is 5.12. The van der Waals surface area contributed by atoms with E-state index in [0.29, 0.717) is 25.2 Å². The minimum Gasteiger partial charge on any atom is -0.366 e. The number of aromatic nitrogens is 2. The van der Waals surface area contributed by atoms with E-state index >= 15 is 0 Å². The van der Waals surface area contributed by atoms with E-state index in [2.05, 4.69) is 20.6 Å². The molecule has 0 fully saturated rings. The number of nitrogens with one attached hydrogen (secondary N) is 2. The summed E-state index contributed by atoms with van der Waals surface area (Å²) in [5.74, 6) is -0.317. The van der Waals surface area contributed by atoms with Gasteiger partial charge in [0.15, 0.2) is 11.6 Å². The van der Waals surface area contributed by atoms with Gasteiger partial charge in [0, 0.05) is 13.1 Å². The second kappa shape index (κ2) is 5.84. The number of anilines is 1. The van der Waals surface area contributed by atoms with Crippen molar-refractivity contribution in [1.82, 2.24) is 15.3 Å². The van der Waals surface area contributed by atoms with E-state index in [1.54, 1.807) is 0 Å². The minimum atomic E-state index is -0.612. The first kappa shape index (κ1) is 12.2. The highest BCUT2D eigenvalue weighted by molar-refractivity contribution is 5.71. The Morgan fingerprint density at radius 1 is 1.50 bits per heavy atom. The number of halogens is 1. The van der Waals surface area contributed by atoms with Gasteiger partial charge in [-0.05, 0) is 6.42 Å². The van der Waals surface area contributed by atoms with Crippen molar-refractivity contribution in [1.29, 1.82) is 0 Å². The number of carbonyl (C=O) groups excluding carboxylic acids is 1. The predicted octanol–water partition coefficient (Wildman–Crippen LogP) is 0.258. The van der Waals surface area contributed by atoms with Crippen molar-refractivity contribution in [3.63, 3.8) is 0 Å². The van der Waals surface area contributed by atoms with Crippen molar-refractivity contribution < 1.29 is 9.18 Å². The first-order valence-corrected chi connectivity index (χ1v) is 4.91. The van der Waals surface area contributed by atoms with Crippen molar-refractivity contribution >= 4 is 11.8 Å². The normalized spacial score (nSPS) is 9.88. The predicted molar refractivity (Wildman–Crippen MR) is 57.4 cm³/mol. The van der Waals surface area contributed by atoms with Gasteiger partial charge in [-0.15, -0.1) is 0 Å². The quantitative estimate of drug-likeness (QED) is 0.629. The molecular formula is C9H14FN5O. The molecule has 0 aliphatic heterocycles. The lowest BCUT2D eigenvalue weighted by Gasteiger charge is -2.08. The molecule has 0 aliphatic carbocycles. The number of amides is 2. The van der Waals surface area contributed by atoms with Crippen molar-refractivity contribution in [2.75, 3.05) is 18.4 Å². The molecule has 0 aliphatic rings. The average molecular weight is 227 g/mol. The SMILES string of the molecule is CCc1ncnc(NCCNC(N)=O)c1F. The molecule has 16 heavy (non-hydrogen) atoms. The fourth-order valence-corrected chi connectivity index (χ4v) is 1.14. The molecule has 0 bridgehead atoms. The Morgan fingerprint density at radius 2 is 2.25 bits per heavy atom. The second-order valence-corrected chi connectivity index (χ2v) is 3.05. The van der Waals surface area contributed by atoms with E-state index in [9.17, 15) is 9.18 Å². The van der Waals surface area contributed by atoms with E-state index in [-0.39, 0.29) is 5.82 Å². The molecule has 0 radical (unpaired) electrons. The molecule has 4 N–H and O–H groups in total. The summed E-state index contributed by atoms with van der Waals surface area (Å²) in [7, 11) is 0. The molecule has 1 rings (SSSR count). The van der Waals surface area contributed by atoms with E-state index < -0.39 is 11.8 Å². The van der Waals surface area contributed by atoms with Crippen molar-refractivity contribution in [2.24, 2.45) is 5.73 Å². The maximum absolute atomic E-state index is 13.6. The summed E-state index contributed by atoms with van der Waals surface area (Å²) in [6.45, 7) is 2.46. The first-order valence-electron chi connectivity index (χ1n) is 4.91. The van der Waals surface area contributed by atoms with Crippen LogP contribution in [0.3, 0.4) is 0 Å². The zero-order valence-corrected chi connectivity index (χ0v) is 8.96. The Labute approximate surface area is 92.5 Å². The van der Waals surface area contributed by atoms with Gasteiger partial charge in [0.1, 0.15) is 6.33 Å². The van der Waals surface area contributed by atoms with Gasteiger partial charge in [0.05, 0.1) is 5.69 Å². The van der Waals surface area contributed by atoms with Crippen molar-refractivity contribution in [3.05, 3.63) is 17.8 Å². The smallest absolute Gasteiger partial charge is 0.312 e. The van der Waals surface area contributed by atoms with Crippen LogP contribution in [-0.4, -0.2) is 29.1 Å². The molecule has 1 aromatic heterocycles. The highest BCUT2D eigenvalue weighted by Crippen LogP contribution is 2.12. The Kier molecular flexibility index (Phi) is 4.43. The fraction of sp³-hybridized carbons (Fsp3) is 0.444. The van der Waals surface area contributed by atoms with Crippen LogP contribution in [0.5, 0.6) is 0 Å². The summed E-state index contributed by atoms with van der Waals surface area (Å²) >= 11 is 0. The molecule has 1 heterocycles. The highest BCUT2D eigenvalue weighted by atomic mass is 19.1. The number of nitrogens with zero attached hydrogens (tertiary/aromatic N) is 2. The van der Waals surface area contributed by atoms with Gasteiger partial charge in [-0.3, -0.25) is 0 Å². The second-order valence-electron chi connectivity index (χ2n) is 3.05. The third-order valence-corrected chi connectivity index (χ3v) is 1.91. The van der Waals surface area contributed by atoms with E-state index in [1.807, 2.05) is 6.92 Å². The van der Waals surface area contributed by atoms with Crippen LogP contribution in [0.25, 0.3) is 0 Å². The third-order valence-electron chi connectivity index (χ3n) is 1.91. The highest BCUT2D eigenvalue weighted by Gasteiger charge is 2.08. The van der Waals surface area contributed by atoms with Crippen LogP contribution in [0.1, 0.15) is 12.6 Å². The monoisotopic (exact) mass is 227 g/mol. The number of hydrogen-bond donors (Lipinski definition) is 3. The standard InChI is InChI=1S/C9H14FN5O/c1-2-6-7(10)8(15-5-14-6)12-3-4-13-9(11)16/h5H,2-4H2,1H3,(H3,11,13,16)(H,12,14,15). The van der Waals surface area contributed by atoms with E-state index in [1.165, 1.54) is 6.33 Å².